The van der Waals surface area contributed by atoms with Crippen LogP contribution in [0, 0.1) is 16.0 Å². The summed E-state index contributed by atoms with van der Waals surface area (Å²) in [5.74, 6) is -0.0196. The smallest absolute Gasteiger partial charge is 0.293 e. The molecule has 7 heteroatoms. The third-order valence-electron chi connectivity index (χ3n) is 5.06. The topological polar surface area (TPSA) is 110 Å². The van der Waals surface area contributed by atoms with Crippen molar-refractivity contribution in [3.05, 3.63) is 69.8 Å². The quantitative estimate of drug-likeness (QED) is 0.514. The molecule has 3 rings (SSSR count). The summed E-state index contributed by atoms with van der Waals surface area (Å²) in [4.78, 5) is 23.5. The van der Waals surface area contributed by atoms with E-state index in [4.69, 9.17) is 5.73 Å². The maximum absolute atomic E-state index is 12.5. The van der Waals surface area contributed by atoms with Crippen LogP contribution in [0.2, 0.25) is 0 Å². The molecular formula is C20H24N4O3. The van der Waals surface area contributed by atoms with Crippen molar-refractivity contribution in [1.29, 1.82) is 0 Å². The van der Waals surface area contributed by atoms with E-state index in [1.54, 1.807) is 12.1 Å². The van der Waals surface area contributed by atoms with Gasteiger partial charge >= 0.3 is 0 Å². The van der Waals surface area contributed by atoms with Crippen LogP contribution in [0.3, 0.4) is 0 Å². The first-order valence-corrected chi connectivity index (χ1v) is 9.15. The first-order valence-electron chi connectivity index (χ1n) is 9.15. The van der Waals surface area contributed by atoms with Gasteiger partial charge in [-0.05, 0) is 43.0 Å². The highest BCUT2D eigenvalue weighted by Crippen LogP contribution is 2.28. The highest BCUT2D eigenvalue weighted by atomic mass is 16.6. The minimum atomic E-state index is -0.470. The molecule has 0 saturated heterocycles. The average Bonchev–Trinajstić information content (AvgIpc) is 3.14. The van der Waals surface area contributed by atoms with Gasteiger partial charge in [-0.3, -0.25) is 14.9 Å². The van der Waals surface area contributed by atoms with E-state index in [0.29, 0.717) is 18.8 Å². The van der Waals surface area contributed by atoms with Crippen molar-refractivity contribution in [2.45, 2.75) is 31.8 Å². The molecule has 1 saturated carbocycles. The molecule has 1 fully saturated rings. The third-order valence-corrected chi connectivity index (χ3v) is 5.06. The van der Waals surface area contributed by atoms with E-state index < -0.39 is 4.92 Å². The fourth-order valence-electron chi connectivity index (χ4n) is 3.53. The Morgan fingerprint density at radius 2 is 1.96 bits per heavy atom. The number of benzene rings is 2. The zero-order valence-corrected chi connectivity index (χ0v) is 15.1. The number of rotatable bonds is 7. The van der Waals surface area contributed by atoms with Crippen molar-refractivity contribution in [3.8, 4) is 0 Å². The Bertz CT molecular complexity index is 810. The van der Waals surface area contributed by atoms with E-state index >= 15 is 0 Å². The molecule has 142 valence electrons. The van der Waals surface area contributed by atoms with E-state index in [9.17, 15) is 14.9 Å². The maximum atomic E-state index is 12.5. The zero-order chi connectivity index (χ0) is 19.2. The fourth-order valence-corrected chi connectivity index (χ4v) is 3.53. The van der Waals surface area contributed by atoms with Gasteiger partial charge in [0.05, 0.1) is 4.92 Å². The molecule has 0 radical (unpaired) electrons. The van der Waals surface area contributed by atoms with Crippen molar-refractivity contribution < 1.29 is 9.72 Å². The molecule has 0 aromatic heterocycles. The molecule has 1 aliphatic rings. The largest absolute Gasteiger partial charge is 0.375 e. The van der Waals surface area contributed by atoms with Crippen molar-refractivity contribution in [3.63, 3.8) is 0 Å². The third kappa shape index (κ3) is 4.62. The van der Waals surface area contributed by atoms with E-state index in [1.165, 1.54) is 6.07 Å². The molecule has 4 N–H and O–H groups in total. The van der Waals surface area contributed by atoms with Crippen molar-refractivity contribution in [2.75, 3.05) is 11.9 Å². The Kier molecular flexibility index (Phi) is 6.03. The van der Waals surface area contributed by atoms with Crippen LogP contribution in [0.25, 0.3) is 0 Å². The normalized spacial score (nSPS) is 18.9. The van der Waals surface area contributed by atoms with Gasteiger partial charge in [-0.15, -0.1) is 0 Å². The average molecular weight is 368 g/mol. The highest BCUT2D eigenvalue weighted by Gasteiger charge is 2.28. The van der Waals surface area contributed by atoms with Gasteiger partial charge < -0.3 is 16.4 Å². The van der Waals surface area contributed by atoms with Crippen LogP contribution in [0.15, 0.2) is 48.5 Å². The summed E-state index contributed by atoms with van der Waals surface area (Å²) < 4.78 is 0. The number of nitrogens with two attached hydrogens (primary N) is 1. The number of nitrogens with one attached hydrogen (secondary N) is 2. The van der Waals surface area contributed by atoms with Crippen LogP contribution < -0.4 is 16.4 Å². The van der Waals surface area contributed by atoms with E-state index in [1.807, 2.05) is 30.3 Å². The monoisotopic (exact) mass is 368 g/mol. The summed E-state index contributed by atoms with van der Waals surface area (Å²) in [6, 6.07) is 14.2. The van der Waals surface area contributed by atoms with Crippen LogP contribution in [0.1, 0.15) is 35.2 Å². The van der Waals surface area contributed by atoms with Crippen LogP contribution in [0.5, 0.6) is 0 Å². The Morgan fingerprint density at radius 1 is 1.19 bits per heavy atom. The lowest BCUT2D eigenvalue weighted by molar-refractivity contribution is -0.384. The van der Waals surface area contributed by atoms with E-state index in [0.717, 1.165) is 24.8 Å². The minimum Gasteiger partial charge on any atom is -0.375 e. The second-order valence-corrected chi connectivity index (χ2v) is 6.83. The lowest BCUT2D eigenvalue weighted by Gasteiger charge is -2.19. The number of hydrogen-bond acceptors (Lipinski definition) is 5. The molecule has 2 aromatic carbocycles. The number of nitrogens with zero attached hydrogens (tertiary/aromatic N) is 1. The van der Waals surface area contributed by atoms with E-state index in [-0.39, 0.29) is 29.1 Å². The van der Waals surface area contributed by atoms with Crippen LogP contribution >= 0.6 is 0 Å². The minimum absolute atomic E-state index is 0.0393. The fraction of sp³-hybridized carbons (Fsp3) is 0.350. The summed E-state index contributed by atoms with van der Waals surface area (Å²) in [5, 5.41) is 17.5. The Balaban J connectivity index is 1.72. The standard InChI is InChI=1S/C20H24N4O3/c21-12-16-7-4-8-17(16)23-20(25)15-9-10-18(19(11-15)24(26)27)22-13-14-5-2-1-3-6-14/h1-3,5-6,9-11,16-17,22H,4,7-8,12-13,21H2,(H,23,25). The van der Waals surface area contributed by atoms with Crippen molar-refractivity contribution >= 4 is 17.3 Å². The van der Waals surface area contributed by atoms with Crippen molar-refractivity contribution in [2.24, 2.45) is 11.7 Å². The number of nitro benzene ring substituents is 1. The summed E-state index contributed by atoms with van der Waals surface area (Å²) in [5.41, 5.74) is 7.34. The number of anilines is 1. The molecule has 2 unspecified atom stereocenters. The summed E-state index contributed by atoms with van der Waals surface area (Å²) in [6.07, 6.45) is 2.94. The van der Waals surface area contributed by atoms with Crippen LogP contribution in [-0.4, -0.2) is 23.4 Å². The van der Waals surface area contributed by atoms with Crippen molar-refractivity contribution in [1.82, 2.24) is 5.32 Å². The Labute approximate surface area is 158 Å². The molecule has 0 spiro atoms. The van der Waals surface area contributed by atoms with Gasteiger partial charge in [0.15, 0.2) is 0 Å². The van der Waals surface area contributed by atoms with Gasteiger partial charge in [0.1, 0.15) is 5.69 Å². The molecule has 0 bridgehead atoms. The van der Waals surface area contributed by atoms with Gasteiger partial charge in [-0.1, -0.05) is 36.8 Å². The molecule has 0 heterocycles. The van der Waals surface area contributed by atoms with Crippen LogP contribution in [-0.2, 0) is 6.54 Å². The molecule has 2 aromatic rings. The maximum Gasteiger partial charge on any atom is 0.293 e. The Morgan fingerprint density at radius 3 is 2.67 bits per heavy atom. The van der Waals surface area contributed by atoms with Gasteiger partial charge in [0.25, 0.3) is 11.6 Å². The second kappa shape index (κ2) is 8.64. The summed E-state index contributed by atoms with van der Waals surface area (Å²) in [7, 11) is 0. The van der Waals surface area contributed by atoms with Gasteiger partial charge in [-0.2, -0.15) is 0 Å². The predicted molar refractivity (Wildman–Crippen MR) is 105 cm³/mol. The first kappa shape index (κ1) is 18.8. The zero-order valence-electron chi connectivity index (χ0n) is 15.1. The predicted octanol–water partition coefficient (Wildman–Crippen LogP) is 3.06. The van der Waals surface area contributed by atoms with Gasteiger partial charge in [-0.25, -0.2) is 0 Å². The number of carbonyl (C=O) groups is 1. The molecule has 27 heavy (non-hydrogen) atoms. The Hall–Kier alpha value is -2.93. The summed E-state index contributed by atoms with van der Waals surface area (Å²) in [6.45, 7) is 1.00. The molecule has 1 amide bonds. The number of hydrogen-bond donors (Lipinski definition) is 3. The van der Waals surface area contributed by atoms with Crippen LogP contribution in [0.4, 0.5) is 11.4 Å². The van der Waals surface area contributed by atoms with E-state index in [2.05, 4.69) is 10.6 Å². The molecular weight excluding hydrogens is 344 g/mol. The lowest BCUT2D eigenvalue weighted by atomic mass is 10.0. The second-order valence-electron chi connectivity index (χ2n) is 6.83. The van der Waals surface area contributed by atoms with Gasteiger partial charge in [0, 0.05) is 24.2 Å². The molecule has 0 aliphatic heterocycles. The lowest BCUT2D eigenvalue weighted by Crippen LogP contribution is -2.39. The summed E-state index contributed by atoms with van der Waals surface area (Å²) >= 11 is 0. The number of amides is 1. The van der Waals surface area contributed by atoms with Gasteiger partial charge in [0.2, 0.25) is 0 Å². The first-order chi connectivity index (χ1) is 13.1. The highest BCUT2D eigenvalue weighted by molar-refractivity contribution is 5.96. The SMILES string of the molecule is NCC1CCCC1NC(=O)c1ccc(NCc2ccccc2)c([N+](=O)[O-])c1. The molecule has 2 atom stereocenters. The molecule has 7 nitrogen and oxygen atoms in total. The molecule has 1 aliphatic carbocycles. The number of carbonyl (C=O) groups excluding carboxylic acids is 1. The number of nitro groups is 1.